The maximum absolute atomic E-state index is 12.2. The maximum atomic E-state index is 12.2. The largest absolute Gasteiger partial charge is 0.472 e. The molecule has 6 heteroatoms. The van der Waals surface area contributed by atoms with Crippen molar-refractivity contribution >= 4 is 11.8 Å². The number of fused-ring (bicyclic) bond motifs is 2. The first-order valence-electron chi connectivity index (χ1n) is 14.4. The van der Waals surface area contributed by atoms with Crippen LogP contribution in [0.1, 0.15) is 94.8 Å². The fourth-order valence-electron chi connectivity index (χ4n) is 9.05. The van der Waals surface area contributed by atoms with Crippen LogP contribution in [0.25, 0.3) is 0 Å². The number of hydrogen-bond acceptors (Lipinski definition) is 6. The summed E-state index contributed by atoms with van der Waals surface area (Å²) in [6.45, 7) is 6.03. The van der Waals surface area contributed by atoms with Crippen LogP contribution >= 0.6 is 11.8 Å². The molecule has 7 rings (SSSR count). The van der Waals surface area contributed by atoms with Crippen molar-refractivity contribution in [3.63, 3.8) is 0 Å². The smallest absolute Gasteiger partial charge is 0.122 e. The van der Waals surface area contributed by atoms with Crippen LogP contribution in [0, 0.1) is 17.3 Å². The van der Waals surface area contributed by atoms with Gasteiger partial charge in [0.2, 0.25) is 0 Å². The van der Waals surface area contributed by atoms with Crippen LogP contribution in [0.2, 0.25) is 0 Å². The standard InChI is InChI=1S/C30H42N2O3S/c1-20-3-5-26(22-9-13-34-15-22)31-18-29(11-7-24(20)31)17-30(36-19-29)12-8-25-21(2)4-6-27(32(25)28(30)33)23-10-14-35-16-23/h9-10,13-16,20-21,24-28,33H,3-8,11-12,17-19H2,1-2H3/t20-,21-,24+,25+,26+,27+,28+,29+,30+/m1/s1. The molecule has 2 spiro atoms. The Hall–Kier alpha value is -1.21. The lowest BCUT2D eigenvalue weighted by Gasteiger charge is -2.57. The summed E-state index contributed by atoms with van der Waals surface area (Å²) in [7, 11) is 0. The SMILES string of the molecule is C[C@@H]1CC[C@@H](c2ccoc2)N2C[C@@]3(CC[C@@H]12)CS[C@@]1(CC[C@H]2[C@H](C)CC[C@@H](c4ccoc4)N2[C@H]1O)C3. The summed E-state index contributed by atoms with van der Waals surface area (Å²) in [5.41, 5.74) is 2.90. The molecule has 9 atom stereocenters. The van der Waals surface area contributed by atoms with Crippen LogP contribution in [0.15, 0.2) is 46.0 Å². The van der Waals surface area contributed by atoms with E-state index in [-0.39, 0.29) is 17.0 Å². The predicted molar refractivity (Wildman–Crippen MR) is 143 cm³/mol. The molecule has 0 bridgehead atoms. The first kappa shape index (κ1) is 23.9. The fraction of sp³-hybridized carbons (Fsp3) is 0.733. The summed E-state index contributed by atoms with van der Waals surface area (Å²) in [6.07, 6.45) is 18.1. The Kier molecular flexibility index (Phi) is 5.92. The summed E-state index contributed by atoms with van der Waals surface area (Å²) in [6, 6.07) is 6.21. The van der Waals surface area contributed by atoms with Gasteiger partial charge in [0.05, 0.1) is 29.8 Å². The molecule has 1 N–H and O–H groups in total. The molecule has 5 nitrogen and oxygen atoms in total. The van der Waals surface area contributed by atoms with Crippen LogP contribution < -0.4 is 0 Å². The van der Waals surface area contributed by atoms with E-state index >= 15 is 0 Å². The molecule has 2 aromatic rings. The van der Waals surface area contributed by atoms with E-state index in [0.717, 1.165) is 25.2 Å². The van der Waals surface area contributed by atoms with Crippen LogP contribution in [0.3, 0.4) is 0 Å². The fourth-order valence-corrected chi connectivity index (χ4v) is 10.9. The van der Waals surface area contributed by atoms with Gasteiger partial charge in [0.1, 0.15) is 6.23 Å². The molecule has 0 aromatic carbocycles. The van der Waals surface area contributed by atoms with E-state index in [1.165, 1.54) is 61.9 Å². The second kappa shape index (κ2) is 8.93. The van der Waals surface area contributed by atoms with E-state index in [4.69, 9.17) is 8.83 Å². The maximum Gasteiger partial charge on any atom is 0.122 e. The van der Waals surface area contributed by atoms with Gasteiger partial charge in [0, 0.05) is 47.6 Å². The number of aliphatic hydroxyl groups is 1. The molecule has 5 aliphatic rings. The molecule has 0 amide bonds. The Morgan fingerprint density at radius 3 is 2.25 bits per heavy atom. The van der Waals surface area contributed by atoms with Crippen molar-refractivity contribution in [3.8, 4) is 0 Å². The summed E-state index contributed by atoms with van der Waals surface area (Å²) >= 11 is 2.11. The number of furan rings is 2. The van der Waals surface area contributed by atoms with Crippen molar-refractivity contribution in [1.82, 2.24) is 9.80 Å². The highest BCUT2D eigenvalue weighted by atomic mass is 32.2. The molecule has 7 heterocycles. The van der Waals surface area contributed by atoms with Crippen LogP contribution in [-0.4, -0.2) is 50.3 Å². The van der Waals surface area contributed by atoms with E-state index < -0.39 is 0 Å². The Bertz CT molecular complexity index is 1040. The first-order valence-corrected chi connectivity index (χ1v) is 15.4. The average molecular weight is 511 g/mol. The number of thioether (sulfide) groups is 1. The number of rotatable bonds is 2. The monoisotopic (exact) mass is 510 g/mol. The van der Waals surface area contributed by atoms with E-state index in [2.05, 4.69) is 47.5 Å². The summed E-state index contributed by atoms with van der Waals surface area (Å²) in [4.78, 5) is 5.38. The molecule has 5 aliphatic heterocycles. The van der Waals surface area contributed by atoms with Crippen molar-refractivity contribution < 1.29 is 13.9 Å². The van der Waals surface area contributed by atoms with Gasteiger partial charge < -0.3 is 13.9 Å². The summed E-state index contributed by atoms with van der Waals surface area (Å²) < 4.78 is 11.0. The van der Waals surface area contributed by atoms with E-state index in [1.54, 1.807) is 6.26 Å². The molecule has 36 heavy (non-hydrogen) atoms. The van der Waals surface area contributed by atoms with E-state index in [9.17, 15) is 5.11 Å². The van der Waals surface area contributed by atoms with Crippen molar-refractivity contribution in [2.24, 2.45) is 17.3 Å². The van der Waals surface area contributed by atoms with Gasteiger partial charge in [-0.3, -0.25) is 9.80 Å². The van der Waals surface area contributed by atoms with E-state index in [1.807, 2.05) is 18.8 Å². The third-order valence-electron chi connectivity index (χ3n) is 11.0. The summed E-state index contributed by atoms with van der Waals surface area (Å²) in [5.74, 6) is 2.59. The molecule has 196 valence electrons. The van der Waals surface area contributed by atoms with E-state index in [0.29, 0.717) is 29.5 Å². The number of nitrogens with zero attached hydrogens (tertiary/aromatic N) is 2. The van der Waals surface area contributed by atoms with Crippen LogP contribution in [0.5, 0.6) is 0 Å². The molecule has 5 saturated heterocycles. The highest BCUT2D eigenvalue weighted by molar-refractivity contribution is 8.01. The zero-order valence-electron chi connectivity index (χ0n) is 21.9. The molecule has 0 unspecified atom stereocenters. The molecule has 5 fully saturated rings. The highest BCUT2D eigenvalue weighted by Crippen LogP contribution is 2.62. The minimum absolute atomic E-state index is 0.0467. The topological polar surface area (TPSA) is 53.0 Å². The Labute approximate surface area is 220 Å². The van der Waals surface area contributed by atoms with Gasteiger partial charge in [-0.25, -0.2) is 0 Å². The van der Waals surface area contributed by atoms with Gasteiger partial charge in [-0.2, -0.15) is 11.8 Å². The Morgan fingerprint density at radius 1 is 0.861 bits per heavy atom. The van der Waals surface area contributed by atoms with Gasteiger partial charge >= 0.3 is 0 Å². The van der Waals surface area contributed by atoms with Crippen LogP contribution in [0.4, 0.5) is 0 Å². The molecule has 0 saturated carbocycles. The molecule has 0 radical (unpaired) electrons. The lowest BCUT2D eigenvalue weighted by Crippen LogP contribution is -2.63. The first-order chi connectivity index (χ1) is 17.5. The zero-order chi connectivity index (χ0) is 24.5. The lowest BCUT2D eigenvalue weighted by molar-refractivity contribution is -0.142. The van der Waals surface area contributed by atoms with Crippen LogP contribution in [-0.2, 0) is 0 Å². The van der Waals surface area contributed by atoms with Crippen molar-refractivity contribution in [3.05, 3.63) is 48.3 Å². The summed E-state index contributed by atoms with van der Waals surface area (Å²) in [5, 5.41) is 12.2. The number of piperidine rings is 4. The third-order valence-corrected chi connectivity index (χ3v) is 12.9. The Balaban J connectivity index is 1.16. The molecule has 2 aromatic heterocycles. The zero-order valence-corrected chi connectivity index (χ0v) is 22.7. The minimum Gasteiger partial charge on any atom is -0.472 e. The highest BCUT2D eigenvalue weighted by Gasteiger charge is 2.60. The van der Waals surface area contributed by atoms with Gasteiger partial charge in [-0.15, -0.1) is 0 Å². The van der Waals surface area contributed by atoms with Gasteiger partial charge in [-0.05, 0) is 87.2 Å². The third kappa shape index (κ3) is 3.69. The number of aliphatic hydroxyl groups excluding tert-OH is 1. The Morgan fingerprint density at radius 2 is 1.53 bits per heavy atom. The van der Waals surface area contributed by atoms with Gasteiger partial charge in [0.25, 0.3) is 0 Å². The minimum atomic E-state index is -0.383. The normalized spacial score (nSPS) is 45.7. The number of hydrogen-bond donors (Lipinski definition) is 1. The van der Waals surface area contributed by atoms with Crippen molar-refractivity contribution in [1.29, 1.82) is 0 Å². The molecular formula is C30H42N2O3S. The second-order valence-electron chi connectivity index (χ2n) is 13.0. The van der Waals surface area contributed by atoms with Gasteiger partial charge in [0.15, 0.2) is 0 Å². The molecular weight excluding hydrogens is 468 g/mol. The van der Waals surface area contributed by atoms with Gasteiger partial charge in [-0.1, -0.05) is 13.8 Å². The lowest BCUT2D eigenvalue weighted by atomic mass is 9.67. The van der Waals surface area contributed by atoms with Crippen molar-refractivity contribution in [2.75, 3.05) is 12.3 Å². The average Bonchev–Trinajstić information content (AvgIpc) is 3.65. The molecule has 0 aliphatic carbocycles. The quantitative estimate of drug-likeness (QED) is 0.490. The van der Waals surface area contributed by atoms with Crippen molar-refractivity contribution in [2.45, 2.75) is 107 Å². The second-order valence-corrected chi connectivity index (χ2v) is 14.4. The predicted octanol–water partition coefficient (Wildman–Crippen LogP) is 6.62.